The van der Waals surface area contributed by atoms with Gasteiger partial charge in [0.1, 0.15) is 0 Å². The monoisotopic (exact) mass is 1570 g/mol. The van der Waals surface area contributed by atoms with Crippen LogP contribution in [0.15, 0.2) is 0 Å². The quantitative estimate of drug-likeness (QED) is 0.0533. The molecule has 0 aromatic carbocycles. The largest absolute Gasteiger partial charge is 0.0654 e. The Hall–Kier alpha value is 0. The van der Waals surface area contributed by atoms with Gasteiger partial charge in [-0.3, -0.25) is 0 Å². The Labute approximate surface area is 715 Å². The van der Waals surface area contributed by atoms with E-state index in [0.717, 1.165) is 0 Å². The van der Waals surface area contributed by atoms with E-state index in [1.54, 1.807) is 64.2 Å². The highest BCUT2D eigenvalue weighted by molar-refractivity contribution is 5.09. The molecule has 0 aliphatic carbocycles. The maximum atomic E-state index is 2.49. The number of unbranched alkanes of at least 4 members (excludes halogenated alkanes) is 85. The summed E-state index contributed by atoms with van der Waals surface area (Å²) >= 11 is 0. The Bertz CT molecular complexity index is 1630. The first kappa shape index (κ1) is 112. The molecule has 0 aromatic rings. The zero-order valence-electron chi connectivity index (χ0n) is 80.9. The van der Waals surface area contributed by atoms with Crippen LogP contribution in [0.4, 0.5) is 0 Å². The van der Waals surface area contributed by atoms with Gasteiger partial charge in [-0.2, -0.15) is 0 Å². The van der Waals surface area contributed by atoms with Gasteiger partial charge in [0.15, 0.2) is 0 Å². The van der Waals surface area contributed by atoms with Crippen LogP contribution in [0.3, 0.4) is 0 Å². The van der Waals surface area contributed by atoms with Crippen LogP contribution in [0.25, 0.3) is 0 Å². The SMILES string of the molecule is CCCCCCCCCCCCCCCCCCCC(CCCCCCCCCCCCCCC)(CCCCCCCCCCCCCCCCC)C(CCCCCCCCCCC)(CCCCCCCCCCCCC)C(CCCCCCC)(CCCCCCCCC)CCCCCCCCCCCCCCCCCC. The van der Waals surface area contributed by atoms with Gasteiger partial charge in [-0.25, -0.2) is 0 Å². The van der Waals surface area contributed by atoms with Gasteiger partial charge in [0.2, 0.25) is 0 Å². The van der Waals surface area contributed by atoms with Gasteiger partial charge in [0.05, 0.1) is 0 Å². The molecule has 0 saturated heterocycles. The minimum absolute atomic E-state index is 0.449. The Morgan fingerprint density at radius 2 is 0.152 bits per heavy atom. The Kier molecular flexibility index (Phi) is 94.8. The molecule has 0 radical (unpaired) electrons. The highest BCUT2D eigenvalue weighted by Crippen LogP contribution is 2.69. The van der Waals surface area contributed by atoms with Gasteiger partial charge in [0, 0.05) is 0 Å². The van der Waals surface area contributed by atoms with E-state index in [0.29, 0.717) is 16.2 Å². The zero-order chi connectivity index (χ0) is 80.9. The van der Waals surface area contributed by atoms with Crippen molar-refractivity contribution in [3.8, 4) is 0 Å². The first-order valence-electron chi connectivity index (χ1n) is 55.5. The van der Waals surface area contributed by atoms with Crippen LogP contribution in [0, 0.1) is 16.2 Å². The molecule has 0 nitrogen and oxygen atoms in total. The molecule has 0 aromatic heterocycles. The van der Waals surface area contributed by atoms with Gasteiger partial charge >= 0.3 is 0 Å². The Morgan fingerprint density at radius 3 is 0.241 bits per heavy atom. The average Bonchev–Trinajstić information content (AvgIpc) is 0.721. The lowest BCUT2D eigenvalue weighted by Gasteiger charge is -2.64. The van der Waals surface area contributed by atoms with Crippen LogP contribution < -0.4 is 0 Å². The predicted molar refractivity (Wildman–Crippen MR) is 519 cm³/mol. The average molecular weight is 1570 g/mol. The third-order valence-electron chi connectivity index (χ3n) is 29.2. The van der Waals surface area contributed by atoms with Crippen molar-refractivity contribution in [3.05, 3.63) is 0 Å². The minimum atomic E-state index is 0.449. The molecular weight excluding hydrogens is 1350 g/mol. The summed E-state index contributed by atoms with van der Waals surface area (Å²) < 4.78 is 0. The summed E-state index contributed by atoms with van der Waals surface area (Å²) in [6, 6.07) is 0. The van der Waals surface area contributed by atoms with Crippen molar-refractivity contribution in [2.24, 2.45) is 16.2 Å². The van der Waals surface area contributed by atoms with Crippen molar-refractivity contribution in [1.82, 2.24) is 0 Å². The van der Waals surface area contributed by atoms with Crippen molar-refractivity contribution in [2.75, 3.05) is 0 Å². The molecule has 0 aliphatic rings. The topological polar surface area (TPSA) is 0 Å². The fraction of sp³-hybridized carbons (Fsp3) is 1.00. The standard InChI is InChI=1S/C112H226/c1-9-17-25-33-40-46-51-55-58-60-63-67-72-77-83-91-99-107-111(105-97-89-80-74-69-64-54-49-43-36-28-20-12-4,106-98-90-82-75-70-65-61-57-53-48-42-35-27-19-11-3)112(108-100-92-84-73-45-38-30-22-14-6,109-101-93-85-78-68-50-44-37-29-21-13-5)110(102-94-86-32-24-16-8,103-95-87-79-39-31-23-15-7)104-96-88-81-76-71-66-62-59-56-52-47-41-34-26-18-10-2/h9-109H2,1-8H3. The molecule has 0 spiro atoms. The predicted octanol–water partition coefficient (Wildman–Crippen LogP) is 43.5. The molecule has 0 aliphatic heterocycles. The zero-order valence-corrected chi connectivity index (χ0v) is 80.9. The number of rotatable bonds is 103. The second-order valence-corrected chi connectivity index (χ2v) is 39.7. The summed E-state index contributed by atoms with van der Waals surface area (Å²) in [5.74, 6) is 0. The van der Waals surface area contributed by atoms with Gasteiger partial charge in [-0.05, 0) is 67.6 Å². The third-order valence-corrected chi connectivity index (χ3v) is 29.2. The van der Waals surface area contributed by atoms with Gasteiger partial charge in [-0.15, -0.1) is 0 Å². The molecule has 0 amide bonds. The van der Waals surface area contributed by atoms with Crippen molar-refractivity contribution in [2.45, 2.75) is 704 Å². The maximum Gasteiger partial charge on any atom is -0.0184 e. The van der Waals surface area contributed by atoms with E-state index >= 15 is 0 Å². The number of hydrogen-bond acceptors (Lipinski definition) is 0. The summed E-state index contributed by atoms with van der Waals surface area (Å²) in [7, 11) is 0. The molecule has 3 atom stereocenters. The van der Waals surface area contributed by atoms with Crippen LogP contribution in [0.5, 0.6) is 0 Å². The van der Waals surface area contributed by atoms with Crippen LogP contribution in [-0.4, -0.2) is 0 Å². The van der Waals surface area contributed by atoms with Gasteiger partial charge in [0.25, 0.3) is 0 Å². The fourth-order valence-corrected chi connectivity index (χ4v) is 21.8. The maximum absolute atomic E-state index is 2.49. The molecule has 0 heterocycles. The fourth-order valence-electron chi connectivity index (χ4n) is 21.8. The van der Waals surface area contributed by atoms with Crippen molar-refractivity contribution >= 4 is 0 Å². The summed E-state index contributed by atoms with van der Waals surface area (Å²) in [6.45, 7) is 19.2. The minimum Gasteiger partial charge on any atom is -0.0654 e. The van der Waals surface area contributed by atoms with E-state index in [2.05, 4.69) is 55.4 Å². The smallest absolute Gasteiger partial charge is 0.0184 e. The second kappa shape index (κ2) is 94.8. The lowest BCUT2D eigenvalue weighted by molar-refractivity contribution is -0.140. The number of hydrogen-bond donors (Lipinski definition) is 0. The van der Waals surface area contributed by atoms with Gasteiger partial charge < -0.3 is 0 Å². The summed E-state index contributed by atoms with van der Waals surface area (Å²) in [5.41, 5.74) is 1.39. The summed E-state index contributed by atoms with van der Waals surface area (Å²) in [5, 5.41) is 0. The highest BCUT2D eigenvalue weighted by atomic mass is 14.6. The molecule has 0 bridgehead atoms. The van der Waals surface area contributed by atoms with Crippen LogP contribution >= 0.6 is 0 Å². The van der Waals surface area contributed by atoms with Crippen molar-refractivity contribution < 1.29 is 0 Å². The first-order valence-corrected chi connectivity index (χ1v) is 55.5. The molecule has 0 rings (SSSR count). The third kappa shape index (κ3) is 71.7. The summed E-state index contributed by atoms with van der Waals surface area (Å²) in [4.78, 5) is 0. The lowest BCUT2D eigenvalue weighted by atomic mass is 9.41. The molecular formula is C112H226. The normalized spacial score (nSPS) is 13.6. The molecule has 0 N–H and O–H groups in total. The molecule has 0 fully saturated rings. The Morgan fingerprint density at radius 1 is 0.0804 bits per heavy atom. The van der Waals surface area contributed by atoms with Crippen LogP contribution in [-0.2, 0) is 0 Å². The van der Waals surface area contributed by atoms with E-state index in [1.165, 1.54) is 584 Å². The first-order chi connectivity index (χ1) is 55.5. The van der Waals surface area contributed by atoms with E-state index in [4.69, 9.17) is 0 Å². The molecule has 674 valence electrons. The molecule has 0 saturated carbocycles. The van der Waals surface area contributed by atoms with Crippen molar-refractivity contribution in [1.29, 1.82) is 0 Å². The van der Waals surface area contributed by atoms with Crippen LogP contribution in [0.2, 0.25) is 0 Å². The Balaban J connectivity index is 8.18. The van der Waals surface area contributed by atoms with E-state index in [9.17, 15) is 0 Å². The van der Waals surface area contributed by atoms with Crippen LogP contribution in [0.1, 0.15) is 704 Å². The van der Waals surface area contributed by atoms with E-state index in [-0.39, 0.29) is 0 Å². The van der Waals surface area contributed by atoms with Gasteiger partial charge in [-0.1, -0.05) is 653 Å². The molecule has 112 heavy (non-hydrogen) atoms. The molecule has 3 unspecified atom stereocenters. The van der Waals surface area contributed by atoms with Crippen molar-refractivity contribution in [3.63, 3.8) is 0 Å². The van der Waals surface area contributed by atoms with E-state index < -0.39 is 0 Å². The second-order valence-electron chi connectivity index (χ2n) is 39.7. The highest BCUT2D eigenvalue weighted by Gasteiger charge is 2.59. The molecule has 0 heteroatoms. The lowest BCUT2D eigenvalue weighted by Crippen LogP contribution is -2.54. The van der Waals surface area contributed by atoms with E-state index in [1.807, 2.05) is 0 Å². The summed E-state index contributed by atoms with van der Waals surface area (Å²) in [6.07, 6.45) is 151.